The predicted octanol–water partition coefficient (Wildman–Crippen LogP) is 4.86. The number of carbonyl (C=O) groups excluding carboxylic acids is 1. The van der Waals surface area contributed by atoms with E-state index in [1.807, 2.05) is 0 Å². The van der Waals surface area contributed by atoms with Gasteiger partial charge in [-0.25, -0.2) is 9.97 Å². The van der Waals surface area contributed by atoms with Crippen LogP contribution in [0.5, 0.6) is 0 Å². The summed E-state index contributed by atoms with van der Waals surface area (Å²) >= 11 is 6.18. The van der Waals surface area contributed by atoms with Gasteiger partial charge in [0.25, 0.3) is 0 Å². The molecule has 0 aliphatic heterocycles. The van der Waals surface area contributed by atoms with Gasteiger partial charge in [0.2, 0.25) is 0 Å². The highest BCUT2D eigenvalue weighted by atomic mass is 35.5. The monoisotopic (exact) mass is 409 g/mol. The molecule has 28 heavy (non-hydrogen) atoms. The van der Waals surface area contributed by atoms with Crippen LogP contribution in [0.15, 0.2) is 36.5 Å². The van der Waals surface area contributed by atoms with Gasteiger partial charge >= 0.3 is 12.1 Å². The van der Waals surface area contributed by atoms with E-state index >= 15 is 0 Å². The van der Waals surface area contributed by atoms with Crippen LogP contribution in [0.4, 0.5) is 13.2 Å². The van der Waals surface area contributed by atoms with E-state index in [1.54, 1.807) is 13.0 Å². The number of esters is 1. The Kier molecular flexibility index (Phi) is 5.79. The first-order valence-electron chi connectivity index (χ1n) is 8.44. The molecular weight excluding hydrogens is 395 g/mol. The van der Waals surface area contributed by atoms with Gasteiger partial charge in [-0.15, -0.1) is 0 Å². The molecule has 0 saturated heterocycles. The van der Waals surface area contributed by atoms with Crippen molar-refractivity contribution < 1.29 is 22.7 Å². The van der Waals surface area contributed by atoms with Crippen molar-refractivity contribution in [2.45, 2.75) is 25.9 Å². The van der Waals surface area contributed by atoms with Gasteiger partial charge < -0.3 is 4.74 Å². The van der Waals surface area contributed by atoms with E-state index in [0.29, 0.717) is 16.7 Å². The quantitative estimate of drug-likeness (QED) is 0.445. The third kappa shape index (κ3) is 4.39. The Morgan fingerprint density at radius 3 is 2.71 bits per heavy atom. The molecule has 0 bridgehead atoms. The van der Waals surface area contributed by atoms with Crippen LogP contribution in [-0.2, 0) is 22.1 Å². The molecule has 0 radical (unpaired) electrons. The number of fused-ring (bicyclic) bond motifs is 1. The Morgan fingerprint density at radius 2 is 2.00 bits per heavy atom. The van der Waals surface area contributed by atoms with Crippen molar-refractivity contribution in [1.82, 2.24) is 15.0 Å². The number of ether oxygens (including phenoxy) is 1. The van der Waals surface area contributed by atoms with Crippen LogP contribution in [0.2, 0.25) is 5.15 Å². The van der Waals surface area contributed by atoms with Crippen LogP contribution in [0.1, 0.15) is 24.7 Å². The fraction of sp³-hybridized carbons (Fsp3) is 0.263. The maximum Gasteiger partial charge on any atom is 0.418 e. The highest BCUT2D eigenvalue weighted by molar-refractivity contribution is 6.34. The number of aromatic nitrogens is 3. The zero-order valence-corrected chi connectivity index (χ0v) is 15.5. The maximum absolute atomic E-state index is 13.3. The van der Waals surface area contributed by atoms with Crippen LogP contribution < -0.4 is 0 Å². The summed E-state index contributed by atoms with van der Waals surface area (Å²) in [6.45, 7) is 1.97. The standard InChI is InChI=1S/C19H15ClF3N3O2/c1-2-28-16(27)8-7-15-25-14-10-11(5-6-12(14)18(20)26-15)17-13(19(21,22)23)4-3-9-24-17/h3-6,9-10H,2,7-8H2,1H3. The van der Waals surface area contributed by atoms with Crippen molar-refractivity contribution >= 4 is 28.5 Å². The molecule has 0 saturated carbocycles. The number of hydrogen-bond acceptors (Lipinski definition) is 5. The third-order valence-corrected chi connectivity index (χ3v) is 4.23. The first kappa shape index (κ1) is 20.0. The summed E-state index contributed by atoms with van der Waals surface area (Å²) in [4.78, 5) is 23.9. The molecule has 0 aliphatic rings. The average molecular weight is 410 g/mol. The number of nitrogens with zero attached hydrogens (tertiary/aromatic N) is 3. The van der Waals surface area contributed by atoms with Crippen molar-refractivity contribution in [3.8, 4) is 11.3 Å². The lowest BCUT2D eigenvalue weighted by Crippen LogP contribution is -2.08. The summed E-state index contributed by atoms with van der Waals surface area (Å²) in [7, 11) is 0. The molecule has 2 heterocycles. The minimum atomic E-state index is -4.54. The fourth-order valence-electron chi connectivity index (χ4n) is 2.71. The number of aryl methyl sites for hydroxylation is 1. The van der Waals surface area contributed by atoms with E-state index in [1.165, 1.54) is 24.4 Å². The first-order chi connectivity index (χ1) is 13.3. The van der Waals surface area contributed by atoms with Gasteiger partial charge in [0.15, 0.2) is 0 Å². The number of rotatable bonds is 5. The topological polar surface area (TPSA) is 65.0 Å². The minimum Gasteiger partial charge on any atom is -0.466 e. The molecule has 9 heteroatoms. The summed E-state index contributed by atoms with van der Waals surface area (Å²) < 4.78 is 44.7. The highest BCUT2D eigenvalue weighted by Gasteiger charge is 2.34. The summed E-state index contributed by atoms with van der Waals surface area (Å²) in [5.41, 5.74) is -0.404. The maximum atomic E-state index is 13.3. The van der Waals surface area contributed by atoms with Gasteiger partial charge in [-0.2, -0.15) is 13.2 Å². The normalized spacial score (nSPS) is 11.6. The molecule has 0 atom stereocenters. The van der Waals surface area contributed by atoms with Crippen molar-refractivity contribution in [3.05, 3.63) is 53.1 Å². The van der Waals surface area contributed by atoms with E-state index in [2.05, 4.69) is 15.0 Å². The lowest BCUT2D eigenvalue weighted by molar-refractivity contribution is -0.143. The van der Waals surface area contributed by atoms with Crippen molar-refractivity contribution in [2.75, 3.05) is 6.61 Å². The Bertz CT molecular complexity index is 1020. The minimum absolute atomic E-state index is 0.0772. The van der Waals surface area contributed by atoms with Gasteiger partial charge in [-0.05, 0) is 31.2 Å². The van der Waals surface area contributed by atoms with Gasteiger partial charge in [0, 0.05) is 23.6 Å². The van der Waals surface area contributed by atoms with Crippen LogP contribution in [0.3, 0.4) is 0 Å². The number of alkyl halides is 3. The molecule has 2 aromatic heterocycles. The van der Waals surface area contributed by atoms with Crippen molar-refractivity contribution in [3.63, 3.8) is 0 Å². The summed E-state index contributed by atoms with van der Waals surface area (Å²) in [5, 5.41) is 0.655. The summed E-state index contributed by atoms with van der Waals surface area (Å²) in [6.07, 6.45) is -2.96. The molecule has 146 valence electrons. The van der Waals surface area contributed by atoms with E-state index in [0.717, 1.165) is 6.07 Å². The number of benzene rings is 1. The van der Waals surface area contributed by atoms with Crippen LogP contribution in [0, 0.1) is 0 Å². The molecule has 0 N–H and O–H groups in total. The number of hydrogen-bond donors (Lipinski definition) is 0. The Balaban J connectivity index is 2.00. The van der Waals surface area contributed by atoms with Crippen LogP contribution in [0.25, 0.3) is 22.2 Å². The van der Waals surface area contributed by atoms with E-state index in [4.69, 9.17) is 16.3 Å². The zero-order valence-electron chi connectivity index (χ0n) is 14.8. The Labute approximate surface area is 163 Å². The van der Waals surface area contributed by atoms with Crippen molar-refractivity contribution in [2.24, 2.45) is 0 Å². The molecule has 0 fully saturated rings. The summed E-state index contributed by atoms with van der Waals surface area (Å²) in [5.74, 6) is -0.0841. The molecule has 3 rings (SSSR count). The van der Waals surface area contributed by atoms with E-state index < -0.39 is 11.7 Å². The second-order valence-corrected chi connectivity index (χ2v) is 6.22. The second kappa shape index (κ2) is 8.10. The van der Waals surface area contributed by atoms with Crippen molar-refractivity contribution in [1.29, 1.82) is 0 Å². The molecule has 0 spiro atoms. The van der Waals surface area contributed by atoms with Crippen LogP contribution in [-0.4, -0.2) is 27.5 Å². The van der Waals surface area contributed by atoms with Gasteiger partial charge in [-0.1, -0.05) is 17.7 Å². The number of halogens is 4. The van der Waals surface area contributed by atoms with E-state index in [9.17, 15) is 18.0 Å². The Hall–Kier alpha value is -2.74. The average Bonchev–Trinajstić information content (AvgIpc) is 2.65. The fourth-order valence-corrected chi connectivity index (χ4v) is 2.96. The predicted molar refractivity (Wildman–Crippen MR) is 97.7 cm³/mol. The molecule has 0 aliphatic carbocycles. The van der Waals surface area contributed by atoms with Gasteiger partial charge in [0.1, 0.15) is 11.0 Å². The number of pyridine rings is 1. The van der Waals surface area contributed by atoms with Gasteiger partial charge in [-0.3, -0.25) is 9.78 Å². The molecular formula is C19H15ClF3N3O2. The highest BCUT2D eigenvalue weighted by Crippen LogP contribution is 2.36. The van der Waals surface area contributed by atoms with Gasteiger partial charge in [0.05, 0.1) is 29.8 Å². The summed E-state index contributed by atoms with van der Waals surface area (Å²) in [6, 6.07) is 6.74. The molecule has 1 aromatic carbocycles. The molecule has 3 aromatic rings. The molecule has 0 unspecified atom stereocenters. The van der Waals surface area contributed by atoms with E-state index in [-0.39, 0.29) is 41.8 Å². The third-order valence-electron chi connectivity index (χ3n) is 3.94. The largest absolute Gasteiger partial charge is 0.466 e. The SMILES string of the molecule is CCOC(=O)CCc1nc(Cl)c2ccc(-c3ncccc3C(F)(F)F)cc2n1. The van der Waals surface area contributed by atoms with Crippen LogP contribution >= 0.6 is 11.6 Å². The Morgan fingerprint density at radius 1 is 1.21 bits per heavy atom. The lowest BCUT2D eigenvalue weighted by Gasteiger charge is -2.12. The first-order valence-corrected chi connectivity index (χ1v) is 8.81. The second-order valence-electron chi connectivity index (χ2n) is 5.86. The number of carbonyl (C=O) groups is 1. The molecule has 5 nitrogen and oxygen atoms in total. The zero-order chi connectivity index (χ0) is 20.3. The molecule has 0 amide bonds. The lowest BCUT2D eigenvalue weighted by atomic mass is 10.0. The smallest absolute Gasteiger partial charge is 0.418 e.